The van der Waals surface area contributed by atoms with Crippen molar-refractivity contribution in [2.45, 2.75) is 20.8 Å². The Morgan fingerprint density at radius 1 is 1.21 bits per heavy atom. The first-order chi connectivity index (χ1) is 9.02. The fraction of sp³-hybridized carbons (Fsp3) is 0.200. The Labute approximate surface area is 112 Å². The highest BCUT2D eigenvalue weighted by Gasteiger charge is 2.12. The zero-order valence-corrected chi connectivity index (χ0v) is 11.2. The summed E-state index contributed by atoms with van der Waals surface area (Å²) in [6.45, 7) is 5.97. The topological polar surface area (TPSA) is 71.9 Å². The predicted octanol–water partition coefficient (Wildman–Crippen LogP) is 3.25. The summed E-state index contributed by atoms with van der Waals surface area (Å²) in [5, 5.41) is 9.09. The molecule has 0 bridgehead atoms. The smallest absolute Gasteiger partial charge is 0.237 e. The Bertz CT molecular complexity index is 672. The summed E-state index contributed by atoms with van der Waals surface area (Å²) in [5.74, 6) is 1.03. The quantitative estimate of drug-likeness (QED) is 0.891. The van der Waals surface area contributed by atoms with Gasteiger partial charge in [-0.3, -0.25) is 0 Å². The van der Waals surface area contributed by atoms with Gasteiger partial charge >= 0.3 is 0 Å². The number of hydrogen-bond donors (Lipinski definition) is 1. The predicted molar refractivity (Wildman–Crippen MR) is 74.1 cm³/mol. The summed E-state index contributed by atoms with van der Waals surface area (Å²) in [4.78, 5) is 4.09. The van der Waals surface area contributed by atoms with Crippen molar-refractivity contribution in [3.8, 4) is 17.7 Å². The van der Waals surface area contributed by atoms with Crippen LogP contribution >= 0.6 is 0 Å². The van der Waals surface area contributed by atoms with Gasteiger partial charge in [0.05, 0.1) is 11.9 Å². The van der Waals surface area contributed by atoms with Gasteiger partial charge in [-0.1, -0.05) is 12.1 Å². The van der Waals surface area contributed by atoms with E-state index in [1.54, 1.807) is 6.07 Å². The van der Waals surface area contributed by atoms with Gasteiger partial charge in [-0.25, -0.2) is 4.98 Å². The van der Waals surface area contributed by atoms with E-state index in [0.717, 1.165) is 22.4 Å². The van der Waals surface area contributed by atoms with Gasteiger partial charge < -0.3 is 10.5 Å². The van der Waals surface area contributed by atoms with Crippen molar-refractivity contribution in [1.82, 2.24) is 4.98 Å². The SMILES string of the molecule is Cc1ccc(C)c(Oc2ncc(N)cc2C#N)c1C. The highest BCUT2D eigenvalue weighted by atomic mass is 16.5. The molecule has 1 aromatic carbocycles. The largest absolute Gasteiger partial charge is 0.437 e. The number of nitrogen functional groups attached to an aromatic ring is 1. The lowest BCUT2D eigenvalue weighted by Crippen LogP contribution is -1.98. The van der Waals surface area contributed by atoms with Crippen LogP contribution < -0.4 is 10.5 Å². The second-order valence-corrected chi connectivity index (χ2v) is 4.49. The molecule has 1 heterocycles. The number of pyridine rings is 1. The van der Waals surface area contributed by atoms with Crippen LogP contribution in [0.1, 0.15) is 22.3 Å². The Kier molecular flexibility index (Phi) is 3.39. The number of nitrogens with two attached hydrogens (primary N) is 1. The molecule has 19 heavy (non-hydrogen) atoms. The number of aromatic nitrogens is 1. The van der Waals surface area contributed by atoms with E-state index in [4.69, 9.17) is 15.7 Å². The fourth-order valence-corrected chi connectivity index (χ4v) is 1.81. The van der Waals surface area contributed by atoms with Crippen molar-refractivity contribution >= 4 is 5.69 Å². The number of nitriles is 1. The lowest BCUT2D eigenvalue weighted by Gasteiger charge is -2.13. The highest BCUT2D eigenvalue weighted by molar-refractivity contribution is 5.52. The first-order valence-corrected chi connectivity index (χ1v) is 5.93. The number of nitrogens with zero attached hydrogens (tertiary/aromatic N) is 2. The molecule has 0 amide bonds. The van der Waals surface area contributed by atoms with Gasteiger partial charge in [0.1, 0.15) is 17.4 Å². The molecule has 2 aromatic rings. The maximum Gasteiger partial charge on any atom is 0.237 e. The first kappa shape index (κ1) is 12.9. The van der Waals surface area contributed by atoms with Gasteiger partial charge in [0.25, 0.3) is 0 Å². The van der Waals surface area contributed by atoms with Gasteiger partial charge in [-0.15, -0.1) is 0 Å². The van der Waals surface area contributed by atoms with Crippen molar-refractivity contribution in [3.63, 3.8) is 0 Å². The highest BCUT2D eigenvalue weighted by Crippen LogP contribution is 2.31. The number of benzene rings is 1. The molecule has 0 unspecified atom stereocenters. The van der Waals surface area contributed by atoms with E-state index in [9.17, 15) is 0 Å². The van der Waals surface area contributed by atoms with E-state index in [1.807, 2.05) is 39.0 Å². The third kappa shape index (κ3) is 2.50. The normalized spacial score (nSPS) is 10.0. The van der Waals surface area contributed by atoms with Gasteiger partial charge in [0.15, 0.2) is 0 Å². The number of anilines is 1. The zero-order chi connectivity index (χ0) is 14.0. The minimum absolute atomic E-state index is 0.286. The monoisotopic (exact) mass is 253 g/mol. The third-order valence-corrected chi connectivity index (χ3v) is 3.07. The van der Waals surface area contributed by atoms with Crippen LogP contribution in [0.25, 0.3) is 0 Å². The van der Waals surface area contributed by atoms with Crippen LogP contribution in [0.15, 0.2) is 24.4 Å². The summed E-state index contributed by atoms with van der Waals surface area (Å²) in [5.41, 5.74) is 9.57. The van der Waals surface area contributed by atoms with Crippen molar-refractivity contribution in [2.24, 2.45) is 0 Å². The molecule has 0 aliphatic heterocycles. The van der Waals surface area contributed by atoms with E-state index in [0.29, 0.717) is 11.3 Å². The molecule has 0 spiro atoms. The van der Waals surface area contributed by atoms with Crippen LogP contribution in [-0.4, -0.2) is 4.98 Å². The van der Waals surface area contributed by atoms with Crippen LogP contribution in [0.4, 0.5) is 5.69 Å². The molecule has 0 radical (unpaired) electrons. The molecule has 2 rings (SSSR count). The lowest BCUT2D eigenvalue weighted by atomic mass is 10.1. The number of hydrogen-bond acceptors (Lipinski definition) is 4. The van der Waals surface area contributed by atoms with E-state index < -0.39 is 0 Å². The molecule has 0 saturated heterocycles. The number of rotatable bonds is 2. The van der Waals surface area contributed by atoms with Gasteiger partial charge in [-0.2, -0.15) is 5.26 Å². The van der Waals surface area contributed by atoms with Gasteiger partial charge in [0.2, 0.25) is 5.88 Å². The van der Waals surface area contributed by atoms with Gasteiger partial charge in [0, 0.05) is 0 Å². The zero-order valence-electron chi connectivity index (χ0n) is 11.2. The number of aryl methyl sites for hydroxylation is 2. The fourth-order valence-electron chi connectivity index (χ4n) is 1.81. The number of ether oxygens (including phenoxy) is 1. The van der Waals surface area contributed by atoms with Crippen molar-refractivity contribution < 1.29 is 4.74 Å². The second-order valence-electron chi connectivity index (χ2n) is 4.49. The molecule has 0 aliphatic rings. The Morgan fingerprint density at radius 3 is 2.58 bits per heavy atom. The molecule has 0 atom stereocenters. The van der Waals surface area contributed by atoms with E-state index >= 15 is 0 Å². The average Bonchev–Trinajstić information content (AvgIpc) is 2.40. The van der Waals surface area contributed by atoms with E-state index in [-0.39, 0.29) is 5.88 Å². The molecule has 96 valence electrons. The van der Waals surface area contributed by atoms with Crippen LogP contribution in [0.5, 0.6) is 11.6 Å². The summed E-state index contributed by atoms with van der Waals surface area (Å²) >= 11 is 0. The van der Waals surface area contributed by atoms with Crippen molar-refractivity contribution in [1.29, 1.82) is 5.26 Å². The molecular weight excluding hydrogens is 238 g/mol. The average molecular weight is 253 g/mol. The van der Waals surface area contributed by atoms with Crippen LogP contribution in [0.3, 0.4) is 0 Å². The van der Waals surface area contributed by atoms with Crippen LogP contribution in [0.2, 0.25) is 0 Å². The Morgan fingerprint density at radius 2 is 1.89 bits per heavy atom. The Hall–Kier alpha value is -2.54. The first-order valence-electron chi connectivity index (χ1n) is 5.93. The minimum Gasteiger partial charge on any atom is -0.437 e. The molecular formula is C15H15N3O. The summed E-state index contributed by atoms with van der Waals surface area (Å²) in [6, 6.07) is 7.63. The molecule has 4 heteroatoms. The van der Waals surface area contributed by atoms with Crippen molar-refractivity contribution in [3.05, 3.63) is 46.6 Å². The standard InChI is InChI=1S/C15H15N3O/c1-9-4-5-10(2)14(11(9)3)19-15-12(7-16)6-13(17)8-18-15/h4-6,8H,17H2,1-3H3. The van der Waals surface area contributed by atoms with Crippen molar-refractivity contribution in [2.75, 3.05) is 5.73 Å². The molecule has 0 saturated carbocycles. The van der Waals surface area contributed by atoms with Crippen LogP contribution in [0, 0.1) is 32.1 Å². The van der Waals surface area contributed by atoms with E-state index in [1.165, 1.54) is 6.20 Å². The maximum atomic E-state index is 9.09. The summed E-state index contributed by atoms with van der Waals surface area (Å²) in [6.07, 6.45) is 1.48. The van der Waals surface area contributed by atoms with Crippen LogP contribution in [-0.2, 0) is 0 Å². The van der Waals surface area contributed by atoms with E-state index in [2.05, 4.69) is 4.98 Å². The molecule has 2 N–H and O–H groups in total. The molecule has 4 nitrogen and oxygen atoms in total. The Balaban J connectivity index is 2.48. The molecule has 0 aliphatic carbocycles. The summed E-state index contributed by atoms with van der Waals surface area (Å²) in [7, 11) is 0. The van der Waals surface area contributed by atoms with Gasteiger partial charge in [-0.05, 0) is 43.5 Å². The molecule has 0 fully saturated rings. The maximum absolute atomic E-state index is 9.09. The third-order valence-electron chi connectivity index (χ3n) is 3.07. The minimum atomic E-state index is 0.286. The lowest BCUT2D eigenvalue weighted by molar-refractivity contribution is 0.454. The molecule has 1 aromatic heterocycles. The summed E-state index contributed by atoms with van der Waals surface area (Å²) < 4.78 is 5.81. The second kappa shape index (κ2) is 4.99.